The zero-order valence-corrected chi connectivity index (χ0v) is 12.4. The minimum atomic E-state index is -0.0118. The van der Waals surface area contributed by atoms with Crippen LogP contribution in [-0.2, 0) is 0 Å². The first kappa shape index (κ1) is 15.8. The Balaban J connectivity index is 0.00000180. The largest absolute Gasteiger partial charge is 0.399 e. The highest BCUT2D eigenvalue weighted by Gasteiger charge is 2.33. The number of nitrogen functional groups attached to an aromatic ring is 1. The van der Waals surface area contributed by atoms with Crippen molar-refractivity contribution in [1.29, 1.82) is 0 Å². The second kappa shape index (κ2) is 6.29. The van der Waals surface area contributed by atoms with Gasteiger partial charge in [0, 0.05) is 17.3 Å². The summed E-state index contributed by atoms with van der Waals surface area (Å²) in [6.45, 7) is 4.47. The van der Waals surface area contributed by atoms with Gasteiger partial charge in [0.25, 0.3) is 5.91 Å². The molecule has 1 saturated carbocycles. The maximum Gasteiger partial charge on any atom is 0.251 e. The molecule has 0 spiro atoms. The molecule has 0 bridgehead atoms. The van der Waals surface area contributed by atoms with Crippen LogP contribution in [0.4, 0.5) is 5.69 Å². The van der Waals surface area contributed by atoms with E-state index in [0.717, 1.165) is 6.42 Å². The number of nitrogens with two attached hydrogens (primary N) is 1. The number of amides is 1. The van der Waals surface area contributed by atoms with Crippen LogP contribution < -0.4 is 11.1 Å². The van der Waals surface area contributed by atoms with Crippen molar-refractivity contribution < 1.29 is 4.79 Å². The summed E-state index contributed by atoms with van der Waals surface area (Å²) >= 11 is 0. The van der Waals surface area contributed by atoms with E-state index in [1.165, 1.54) is 19.3 Å². The molecule has 3 N–H and O–H groups in total. The van der Waals surface area contributed by atoms with E-state index in [0.29, 0.717) is 11.3 Å². The molecule has 0 saturated heterocycles. The lowest BCUT2D eigenvalue weighted by atomic mass is 9.73. The highest BCUT2D eigenvalue weighted by atomic mass is 35.5. The van der Waals surface area contributed by atoms with Crippen molar-refractivity contribution in [3.8, 4) is 0 Å². The quantitative estimate of drug-likeness (QED) is 0.817. The van der Waals surface area contributed by atoms with E-state index < -0.39 is 0 Å². The van der Waals surface area contributed by atoms with Gasteiger partial charge in [-0.05, 0) is 36.5 Å². The molecule has 1 fully saturated rings. The van der Waals surface area contributed by atoms with Crippen molar-refractivity contribution in [3.05, 3.63) is 29.8 Å². The third-order valence-corrected chi connectivity index (χ3v) is 3.96. The van der Waals surface area contributed by atoms with Gasteiger partial charge in [0.15, 0.2) is 0 Å². The summed E-state index contributed by atoms with van der Waals surface area (Å²) in [5.74, 6) is -0.0118. The van der Waals surface area contributed by atoms with E-state index in [1.807, 2.05) is 12.1 Å². The number of hydrogen-bond donors (Lipinski definition) is 2. The lowest BCUT2D eigenvalue weighted by molar-refractivity contribution is 0.0853. The zero-order chi connectivity index (χ0) is 13.2. The molecular formula is C15H23ClN2O. The van der Waals surface area contributed by atoms with E-state index in [-0.39, 0.29) is 29.8 Å². The standard InChI is InChI=1S/C15H22N2O.ClH/c1-15(2)9-4-3-8-13(15)17-14(18)11-6-5-7-12(16)10-11;/h5-7,10,13H,3-4,8-9,16H2,1-2H3,(H,17,18);1H. The van der Waals surface area contributed by atoms with E-state index in [2.05, 4.69) is 19.2 Å². The Morgan fingerprint density at radius 1 is 1.37 bits per heavy atom. The van der Waals surface area contributed by atoms with Crippen LogP contribution in [-0.4, -0.2) is 11.9 Å². The number of anilines is 1. The first-order chi connectivity index (χ1) is 8.49. The van der Waals surface area contributed by atoms with Crippen molar-refractivity contribution in [2.45, 2.75) is 45.6 Å². The van der Waals surface area contributed by atoms with E-state index >= 15 is 0 Å². The molecule has 2 rings (SSSR count). The van der Waals surface area contributed by atoms with Crippen LogP contribution in [0.15, 0.2) is 24.3 Å². The van der Waals surface area contributed by atoms with Crippen LogP contribution in [0.5, 0.6) is 0 Å². The Labute approximate surface area is 121 Å². The molecule has 0 radical (unpaired) electrons. The Morgan fingerprint density at radius 3 is 2.74 bits per heavy atom. The fourth-order valence-corrected chi connectivity index (χ4v) is 2.68. The van der Waals surface area contributed by atoms with Gasteiger partial charge in [-0.2, -0.15) is 0 Å². The third-order valence-electron chi connectivity index (χ3n) is 3.96. The summed E-state index contributed by atoms with van der Waals surface area (Å²) < 4.78 is 0. The second-order valence-electron chi connectivity index (χ2n) is 5.89. The van der Waals surface area contributed by atoms with Crippen molar-refractivity contribution in [3.63, 3.8) is 0 Å². The summed E-state index contributed by atoms with van der Waals surface area (Å²) in [7, 11) is 0. The number of halogens is 1. The second-order valence-corrected chi connectivity index (χ2v) is 5.89. The van der Waals surface area contributed by atoms with Gasteiger partial charge in [-0.25, -0.2) is 0 Å². The van der Waals surface area contributed by atoms with Crippen molar-refractivity contribution >= 4 is 24.0 Å². The maximum absolute atomic E-state index is 12.2. The molecule has 1 unspecified atom stereocenters. The topological polar surface area (TPSA) is 55.1 Å². The first-order valence-corrected chi connectivity index (χ1v) is 6.65. The predicted molar refractivity (Wildman–Crippen MR) is 81.6 cm³/mol. The molecule has 1 aromatic carbocycles. The van der Waals surface area contributed by atoms with E-state index in [9.17, 15) is 4.79 Å². The average molecular weight is 283 g/mol. The first-order valence-electron chi connectivity index (χ1n) is 6.65. The molecule has 0 aromatic heterocycles. The van der Waals surface area contributed by atoms with Gasteiger partial charge in [-0.1, -0.05) is 32.8 Å². The van der Waals surface area contributed by atoms with Gasteiger partial charge < -0.3 is 11.1 Å². The van der Waals surface area contributed by atoms with Crippen LogP contribution in [0.1, 0.15) is 49.9 Å². The number of carbonyl (C=O) groups is 1. The zero-order valence-electron chi connectivity index (χ0n) is 11.6. The molecule has 106 valence electrons. The third kappa shape index (κ3) is 3.87. The molecule has 0 heterocycles. The van der Waals surface area contributed by atoms with Crippen LogP contribution in [0.2, 0.25) is 0 Å². The SMILES string of the molecule is CC1(C)CCCCC1NC(=O)c1cccc(N)c1.Cl. The number of nitrogens with one attached hydrogen (secondary N) is 1. The fourth-order valence-electron chi connectivity index (χ4n) is 2.68. The Hall–Kier alpha value is -1.22. The van der Waals surface area contributed by atoms with Crippen LogP contribution in [0.25, 0.3) is 0 Å². The van der Waals surface area contributed by atoms with Gasteiger partial charge in [-0.15, -0.1) is 12.4 Å². The van der Waals surface area contributed by atoms with Gasteiger partial charge in [-0.3, -0.25) is 4.79 Å². The minimum absolute atomic E-state index is 0. The smallest absolute Gasteiger partial charge is 0.251 e. The number of rotatable bonds is 2. The van der Waals surface area contributed by atoms with Gasteiger partial charge in [0.05, 0.1) is 0 Å². The predicted octanol–water partition coefficient (Wildman–Crippen LogP) is 3.39. The number of carbonyl (C=O) groups excluding carboxylic acids is 1. The van der Waals surface area contributed by atoms with Crippen LogP contribution in [0.3, 0.4) is 0 Å². The Bertz CT molecular complexity index is 446. The average Bonchev–Trinajstić information content (AvgIpc) is 2.31. The van der Waals surface area contributed by atoms with Crippen molar-refractivity contribution in [1.82, 2.24) is 5.32 Å². The van der Waals surface area contributed by atoms with E-state index in [1.54, 1.807) is 12.1 Å². The van der Waals surface area contributed by atoms with E-state index in [4.69, 9.17) is 5.73 Å². The lowest BCUT2D eigenvalue weighted by Crippen LogP contribution is -2.46. The summed E-state index contributed by atoms with van der Waals surface area (Å²) in [6, 6.07) is 7.41. The molecule has 1 aliphatic rings. The summed E-state index contributed by atoms with van der Waals surface area (Å²) in [5.41, 5.74) is 7.17. The van der Waals surface area contributed by atoms with Crippen LogP contribution >= 0.6 is 12.4 Å². The normalized spacial score (nSPS) is 21.3. The molecule has 1 atom stereocenters. The fraction of sp³-hybridized carbons (Fsp3) is 0.533. The molecule has 3 nitrogen and oxygen atoms in total. The van der Waals surface area contributed by atoms with Crippen LogP contribution in [0, 0.1) is 5.41 Å². The highest BCUT2D eigenvalue weighted by Crippen LogP contribution is 2.35. The monoisotopic (exact) mass is 282 g/mol. The Kier molecular flexibility index (Phi) is 5.24. The molecule has 1 amide bonds. The minimum Gasteiger partial charge on any atom is -0.399 e. The summed E-state index contributed by atoms with van der Waals surface area (Å²) in [4.78, 5) is 12.2. The van der Waals surface area contributed by atoms with Gasteiger partial charge >= 0.3 is 0 Å². The molecule has 0 aliphatic heterocycles. The van der Waals surface area contributed by atoms with Gasteiger partial charge in [0.1, 0.15) is 0 Å². The van der Waals surface area contributed by atoms with Crippen molar-refractivity contribution in [2.24, 2.45) is 5.41 Å². The molecule has 1 aliphatic carbocycles. The summed E-state index contributed by atoms with van der Waals surface area (Å²) in [6.07, 6.45) is 4.71. The van der Waals surface area contributed by atoms with Gasteiger partial charge in [0.2, 0.25) is 0 Å². The molecule has 19 heavy (non-hydrogen) atoms. The summed E-state index contributed by atoms with van der Waals surface area (Å²) in [5, 5.41) is 3.16. The Morgan fingerprint density at radius 2 is 2.11 bits per heavy atom. The number of hydrogen-bond acceptors (Lipinski definition) is 2. The lowest BCUT2D eigenvalue weighted by Gasteiger charge is -2.39. The highest BCUT2D eigenvalue weighted by molar-refractivity contribution is 5.95. The molecular weight excluding hydrogens is 260 g/mol. The van der Waals surface area contributed by atoms with Crippen molar-refractivity contribution in [2.75, 3.05) is 5.73 Å². The molecule has 4 heteroatoms. The molecule has 1 aromatic rings. The number of benzene rings is 1. The maximum atomic E-state index is 12.2.